The average molecular weight is 371 g/mol. The van der Waals surface area contributed by atoms with Crippen LogP contribution < -0.4 is 0 Å². The molecule has 0 bridgehead atoms. The molecule has 0 aliphatic rings. The second-order valence-electron chi connectivity index (χ2n) is 5.52. The summed E-state index contributed by atoms with van der Waals surface area (Å²) in [7, 11) is -3.91. The molecule has 3 rings (SSSR count). The molecule has 3 nitrogen and oxygen atoms in total. The first-order valence-electron chi connectivity index (χ1n) is 7.64. The highest BCUT2D eigenvalue weighted by atomic mass is 35.5. The molecule has 0 saturated heterocycles. The maximum Gasteiger partial charge on any atom is 0.192 e. The van der Waals surface area contributed by atoms with Crippen LogP contribution in [-0.2, 0) is 9.84 Å². The molecule has 25 heavy (non-hydrogen) atoms. The minimum absolute atomic E-state index is 0.110. The summed E-state index contributed by atoms with van der Waals surface area (Å²) < 4.78 is 26.4. The van der Waals surface area contributed by atoms with Crippen LogP contribution in [0.2, 0.25) is 5.02 Å². The van der Waals surface area contributed by atoms with Crippen molar-refractivity contribution in [1.82, 2.24) is 0 Å². The van der Waals surface area contributed by atoms with E-state index in [-0.39, 0.29) is 4.90 Å². The Balaban J connectivity index is 2.16. The fourth-order valence-corrected chi connectivity index (χ4v) is 4.48. The van der Waals surface area contributed by atoms with Gasteiger partial charge in [0.2, 0.25) is 0 Å². The van der Waals surface area contributed by atoms with Gasteiger partial charge in [0.1, 0.15) is 0 Å². The quantitative estimate of drug-likeness (QED) is 0.609. The number of carbonyl (C=O) groups excluding carboxylic acids is 1. The zero-order valence-corrected chi connectivity index (χ0v) is 14.7. The molecule has 126 valence electrons. The van der Waals surface area contributed by atoms with Crippen molar-refractivity contribution in [2.24, 2.45) is 0 Å². The lowest BCUT2D eigenvalue weighted by Crippen LogP contribution is -2.23. The van der Waals surface area contributed by atoms with E-state index < -0.39 is 20.9 Å². The van der Waals surface area contributed by atoms with E-state index in [1.54, 1.807) is 72.8 Å². The average Bonchev–Trinajstić information content (AvgIpc) is 2.65. The zero-order valence-electron chi connectivity index (χ0n) is 13.2. The van der Waals surface area contributed by atoms with Gasteiger partial charge < -0.3 is 0 Å². The predicted octanol–water partition coefficient (Wildman–Crippen LogP) is 4.74. The summed E-state index contributed by atoms with van der Waals surface area (Å²) in [6.07, 6.45) is 0. The monoisotopic (exact) mass is 370 g/mol. The Morgan fingerprint density at radius 2 is 1.28 bits per heavy atom. The first kappa shape index (κ1) is 17.4. The molecule has 3 aromatic carbocycles. The number of hydrogen-bond donors (Lipinski definition) is 0. The summed E-state index contributed by atoms with van der Waals surface area (Å²) in [4.78, 5) is 13.1. The van der Waals surface area contributed by atoms with Crippen LogP contribution in [0.4, 0.5) is 0 Å². The number of halogens is 1. The Labute approximate surface area is 151 Å². The second kappa shape index (κ2) is 7.21. The molecule has 0 amide bonds. The third-order valence-electron chi connectivity index (χ3n) is 3.85. The highest BCUT2D eigenvalue weighted by molar-refractivity contribution is 7.92. The summed E-state index contributed by atoms with van der Waals surface area (Å²) >= 11 is 5.91. The van der Waals surface area contributed by atoms with Crippen molar-refractivity contribution in [3.63, 3.8) is 0 Å². The normalized spacial score (nSPS) is 12.5. The summed E-state index contributed by atoms with van der Waals surface area (Å²) in [6.45, 7) is 0. The number of hydrogen-bond acceptors (Lipinski definition) is 3. The van der Waals surface area contributed by atoms with Gasteiger partial charge in [-0.25, -0.2) is 8.42 Å². The highest BCUT2D eigenvalue weighted by Crippen LogP contribution is 2.32. The van der Waals surface area contributed by atoms with Gasteiger partial charge in [-0.3, -0.25) is 4.79 Å². The molecule has 3 aromatic rings. The Morgan fingerprint density at radius 3 is 1.84 bits per heavy atom. The molecular weight excluding hydrogens is 356 g/mol. The van der Waals surface area contributed by atoms with Crippen molar-refractivity contribution in [2.45, 2.75) is 10.1 Å². The van der Waals surface area contributed by atoms with Crippen molar-refractivity contribution >= 4 is 27.2 Å². The van der Waals surface area contributed by atoms with Gasteiger partial charge in [-0.1, -0.05) is 72.3 Å². The first-order chi connectivity index (χ1) is 12.0. The largest absolute Gasteiger partial charge is 0.292 e. The molecule has 1 unspecified atom stereocenters. The van der Waals surface area contributed by atoms with E-state index in [9.17, 15) is 13.2 Å². The SMILES string of the molecule is O=C(c1ccccc1)C(c1ccc(Cl)cc1)S(=O)(=O)c1ccccc1. The second-order valence-corrected chi connectivity index (χ2v) is 7.99. The van der Waals surface area contributed by atoms with Crippen LogP contribution in [-0.4, -0.2) is 14.2 Å². The lowest BCUT2D eigenvalue weighted by atomic mass is 10.0. The van der Waals surface area contributed by atoms with E-state index in [1.165, 1.54) is 12.1 Å². The Kier molecular flexibility index (Phi) is 5.02. The fourth-order valence-electron chi connectivity index (χ4n) is 2.61. The molecule has 0 heterocycles. The highest BCUT2D eigenvalue weighted by Gasteiger charge is 2.35. The minimum atomic E-state index is -3.91. The number of benzene rings is 3. The summed E-state index contributed by atoms with van der Waals surface area (Å²) in [5, 5.41) is -0.846. The lowest BCUT2D eigenvalue weighted by Gasteiger charge is -2.17. The number of rotatable bonds is 5. The van der Waals surface area contributed by atoms with Crippen molar-refractivity contribution < 1.29 is 13.2 Å². The van der Waals surface area contributed by atoms with Crippen molar-refractivity contribution in [3.8, 4) is 0 Å². The maximum atomic E-state index is 13.2. The van der Waals surface area contributed by atoms with Crippen LogP contribution >= 0.6 is 11.6 Å². The van der Waals surface area contributed by atoms with E-state index in [1.807, 2.05) is 0 Å². The molecule has 0 radical (unpaired) electrons. The predicted molar refractivity (Wildman–Crippen MR) is 98.6 cm³/mol. The molecule has 0 saturated carbocycles. The van der Waals surface area contributed by atoms with E-state index in [0.29, 0.717) is 16.1 Å². The van der Waals surface area contributed by atoms with Gasteiger partial charge >= 0.3 is 0 Å². The summed E-state index contributed by atoms with van der Waals surface area (Å²) in [5.74, 6) is -0.466. The molecule has 0 spiro atoms. The van der Waals surface area contributed by atoms with E-state index in [2.05, 4.69) is 0 Å². The first-order valence-corrected chi connectivity index (χ1v) is 9.56. The molecule has 1 atom stereocenters. The topological polar surface area (TPSA) is 51.2 Å². The molecule has 0 aromatic heterocycles. The molecular formula is C20H15ClO3S. The van der Waals surface area contributed by atoms with Gasteiger partial charge in [0.05, 0.1) is 4.90 Å². The van der Waals surface area contributed by atoms with Crippen molar-refractivity contribution in [2.75, 3.05) is 0 Å². The van der Waals surface area contributed by atoms with Gasteiger partial charge in [-0.2, -0.15) is 0 Å². The van der Waals surface area contributed by atoms with Gasteiger partial charge in [-0.05, 0) is 29.8 Å². The third kappa shape index (κ3) is 3.65. The molecule has 0 aliphatic heterocycles. The smallest absolute Gasteiger partial charge is 0.192 e. The number of Topliss-reactive ketones (excluding diaryl/α,β-unsaturated/α-hetero) is 1. The Hall–Kier alpha value is -2.43. The molecule has 5 heteroatoms. The van der Waals surface area contributed by atoms with Gasteiger partial charge in [0.25, 0.3) is 0 Å². The molecule has 0 fully saturated rings. The van der Waals surface area contributed by atoms with E-state index in [4.69, 9.17) is 11.6 Å². The number of carbonyl (C=O) groups is 1. The Morgan fingerprint density at radius 1 is 0.760 bits per heavy atom. The van der Waals surface area contributed by atoms with Gasteiger partial charge in [0, 0.05) is 10.6 Å². The van der Waals surface area contributed by atoms with E-state index >= 15 is 0 Å². The standard InChI is InChI=1S/C20H15ClO3S/c21-17-13-11-16(12-14-17)20(19(22)15-7-3-1-4-8-15)25(23,24)18-9-5-2-6-10-18/h1-14,20H. The van der Waals surface area contributed by atoms with Gasteiger partial charge in [0.15, 0.2) is 20.9 Å². The molecule has 0 N–H and O–H groups in total. The van der Waals surface area contributed by atoms with Crippen LogP contribution in [0.15, 0.2) is 89.8 Å². The lowest BCUT2D eigenvalue weighted by molar-refractivity contribution is 0.0986. The number of ketones is 1. The number of sulfone groups is 1. The maximum absolute atomic E-state index is 13.2. The van der Waals surface area contributed by atoms with Crippen LogP contribution in [0.1, 0.15) is 21.2 Å². The van der Waals surface area contributed by atoms with Crippen molar-refractivity contribution in [1.29, 1.82) is 0 Å². The molecule has 0 aliphatic carbocycles. The summed E-state index contributed by atoms with van der Waals surface area (Å²) in [6, 6.07) is 22.8. The third-order valence-corrected chi connectivity index (χ3v) is 6.14. The fraction of sp³-hybridized carbons (Fsp3) is 0.0500. The van der Waals surface area contributed by atoms with E-state index in [0.717, 1.165) is 0 Å². The van der Waals surface area contributed by atoms with Crippen LogP contribution in [0.3, 0.4) is 0 Å². The summed E-state index contributed by atoms with van der Waals surface area (Å²) in [5.41, 5.74) is 0.740. The zero-order chi connectivity index (χ0) is 17.9. The van der Waals surface area contributed by atoms with Crippen LogP contribution in [0.5, 0.6) is 0 Å². The van der Waals surface area contributed by atoms with Crippen LogP contribution in [0.25, 0.3) is 0 Å². The van der Waals surface area contributed by atoms with Gasteiger partial charge in [-0.15, -0.1) is 0 Å². The van der Waals surface area contributed by atoms with Crippen molar-refractivity contribution in [3.05, 3.63) is 101 Å². The van der Waals surface area contributed by atoms with Crippen LogP contribution in [0, 0.1) is 0 Å². The Bertz CT molecular complexity index is 966. The minimum Gasteiger partial charge on any atom is -0.292 e.